The Morgan fingerprint density at radius 2 is 2.00 bits per heavy atom. The largest absolute Gasteiger partial charge is 0.381 e. The van der Waals surface area contributed by atoms with Crippen LogP contribution in [0.1, 0.15) is 36.0 Å². The highest BCUT2D eigenvalue weighted by Gasteiger charge is 2.42. The number of benzene rings is 1. The van der Waals surface area contributed by atoms with Crippen molar-refractivity contribution in [1.29, 1.82) is 0 Å². The standard InChI is InChI=1S/C16H13F2N3O3/c17-10-11(18)13-14-9(12(10)20-24)15(23)8(7-22)6-21(14)16(2-1-3-16)4-5-19-13/h6-7,19H,1-5H2. The van der Waals surface area contributed by atoms with Gasteiger partial charge in [0.05, 0.1) is 22.2 Å². The highest BCUT2D eigenvalue weighted by Crippen LogP contribution is 2.48. The first kappa shape index (κ1) is 14.9. The van der Waals surface area contributed by atoms with Crippen LogP contribution < -0.4 is 10.7 Å². The molecule has 0 amide bonds. The summed E-state index contributed by atoms with van der Waals surface area (Å²) in [5, 5.41) is 5.02. The van der Waals surface area contributed by atoms with Gasteiger partial charge < -0.3 is 9.88 Å². The monoisotopic (exact) mass is 333 g/mol. The second-order valence-corrected chi connectivity index (χ2v) is 6.32. The number of aromatic nitrogens is 1. The summed E-state index contributed by atoms with van der Waals surface area (Å²) in [4.78, 5) is 34.9. The highest BCUT2D eigenvalue weighted by molar-refractivity contribution is 6.01. The predicted octanol–water partition coefficient (Wildman–Crippen LogP) is 3.18. The third kappa shape index (κ3) is 1.68. The number of anilines is 1. The molecule has 1 aliphatic heterocycles. The van der Waals surface area contributed by atoms with Crippen LogP contribution in [0.4, 0.5) is 20.2 Å². The van der Waals surface area contributed by atoms with Gasteiger partial charge in [-0.3, -0.25) is 9.59 Å². The molecule has 4 rings (SSSR count). The average molecular weight is 333 g/mol. The molecule has 8 heteroatoms. The third-order valence-electron chi connectivity index (χ3n) is 5.23. The Hall–Kier alpha value is -2.64. The second kappa shape index (κ2) is 4.93. The van der Waals surface area contributed by atoms with Gasteiger partial charge in [0.1, 0.15) is 0 Å². The van der Waals surface area contributed by atoms with Gasteiger partial charge in [0.15, 0.2) is 23.6 Å². The highest BCUT2D eigenvalue weighted by atomic mass is 19.2. The fourth-order valence-corrected chi connectivity index (χ4v) is 3.85. The van der Waals surface area contributed by atoms with Gasteiger partial charge in [-0.25, -0.2) is 8.78 Å². The number of pyridine rings is 1. The zero-order valence-electron chi connectivity index (χ0n) is 12.6. The lowest BCUT2D eigenvalue weighted by atomic mass is 9.74. The lowest BCUT2D eigenvalue weighted by molar-refractivity contribution is 0.111. The van der Waals surface area contributed by atoms with Crippen molar-refractivity contribution in [3.8, 4) is 0 Å². The number of hydrogen-bond acceptors (Lipinski definition) is 5. The van der Waals surface area contributed by atoms with Crippen LogP contribution in [0, 0.1) is 16.5 Å². The predicted molar refractivity (Wildman–Crippen MR) is 83.9 cm³/mol. The summed E-state index contributed by atoms with van der Waals surface area (Å²) < 4.78 is 30.3. The Bertz CT molecular complexity index is 964. The summed E-state index contributed by atoms with van der Waals surface area (Å²) in [5.41, 5.74) is -2.31. The van der Waals surface area contributed by atoms with Gasteiger partial charge in [0, 0.05) is 18.3 Å². The van der Waals surface area contributed by atoms with Gasteiger partial charge in [-0.2, -0.15) is 0 Å². The molecule has 0 bridgehead atoms. The molecule has 1 N–H and O–H groups in total. The maximum Gasteiger partial charge on any atom is 0.202 e. The first-order chi connectivity index (χ1) is 11.5. The molecule has 1 aliphatic carbocycles. The molecule has 0 saturated heterocycles. The maximum atomic E-state index is 14.4. The number of rotatable bonds is 2. The molecule has 6 nitrogen and oxygen atoms in total. The summed E-state index contributed by atoms with van der Waals surface area (Å²) >= 11 is 0. The van der Waals surface area contributed by atoms with Crippen LogP contribution in [0.3, 0.4) is 0 Å². The van der Waals surface area contributed by atoms with E-state index in [1.54, 1.807) is 4.57 Å². The van der Waals surface area contributed by atoms with Gasteiger partial charge in [0.2, 0.25) is 5.43 Å². The van der Waals surface area contributed by atoms with Crippen LogP contribution >= 0.6 is 0 Å². The Kier molecular flexibility index (Phi) is 3.06. The van der Waals surface area contributed by atoms with Crippen molar-refractivity contribution < 1.29 is 13.6 Å². The molecule has 2 aliphatic rings. The molecule has 1 spiro atoms. The van der Waals surface area contributed by atoms with E-state index in [1.807, 2.05) is 0 Å². The topological polar surface area (TPSA) is 80.5 Å². The Morgan fingerprint density at radius 1 is 1.25 bits per heavy atom. The molecule has 1 saturated carbocycles. The summed E-state index contributed by atoms with van der Waals surface area (Å²) in [6.07, 6.45) is 4.95. The van der Waals surface area contributed by atoms with Crippen LogP contribution in [0.5, 0.6) is 0 Å². The van der Waals surface area contributed by atoms with E-state index < -0.39 is 22.8 Å². The minimum atomic E-state index is -1.48. The van der Waals surface area contributed by atoms with Crippen LogP contribution in [-0.4, -0.2) is 17.4 Å². The van der Waals surface area contributed by atoms with Gasteiger partial charge in [0.25, 0.3) is 0 Å². The van der Waals surface area contributed by atoms with Gasteiger partial charge in [-0.1, -0.05) is 0 Å². The van der Waals surface area contributed by atoms with E-state index >= 15 is 0 Å². The van der Waals surface area contributed by atoms with Crippen molar-refractivity contribution >= 4 is 28.6 Å². The van der Waals surface area contributed by atoms with Crippen molar-refractivity contribution in [2.45, 2.75) is 31.2 Å². The molecule has 0 radical (unpaired) electrons. The molecule has 1 fully saturated rings. The molecule has 24 heavy (non-hydrogen) atoms. The number of carbonyl (C=O) groups excluding carboxylic acids is 1. The van der Waals surface area contributed by atoms with Gasteiger partial charge >= 0.3 is 0 Å². The fraction of sp³-hybridized carbons (Fsp3) is 0.375. The number of hydrogen-bond donors (Lipinski definition) is 1. The van der Waals surface area contributed by atoms with E-state index in [0.29, 0.717) is 19.3 Å². The molecule has 0 atom stereocenters. The Labute approximate surface area is 134 Å². The van der Waals surface area contributed by atoms with Crippen molar-refractivity contribution in [1.82, 2.24) is 4.57 Å². The fourth-order valence-electron chi connectivity index (χ4n) is 3.85. The molecule has 2 aromatic rings. The summed E-state index contributed by atoms with van der Waals surface area (Å²) in [7, 11) is 0. The molecular formula is C16H13F2N3O3. The number of aldehydes is 1. The van der Waals surface area contributed by atoms with Crippen molar-refractivity contribution in [3.63, 3.8) is 0 Å². The summed E-state index contributed by atoms with van der Waals surface area (Å²) in [5.74, 6) is -2.71. The quantitative estimate of drug-likeness (QED) is 0.676. The van der Waals surface area contributed by atoms with Crippen molar-refractivity contribution in [2.75, 3.05) is 11.9 Å². The van der Waals surface area contributed by atoms with Gasteiger partial charge in [-0.05, 0) is 30.9 Å². The first-order valence-corrected chi connectivity index (χ1v) is 7.67. The van der Waals surface area contributed by atoms with Crippen molar-refractivity contribution in [2.24, 2.45) is 5.18 Å². The minimum absolute atomic E-state index is 0.108. The zero-order chi connectivity index (χ0) is 17.1. The van der Waals surface area contributed by atoms with E-state index in [4.69, 9.17) is 0 Å². The Morgan fingerprint density at radius 3 is 2.58 bits per heavy atom. The number of carbonyl (C=O) groups is 1. The number of fused-ring (bicyclic) bond motifs is 1. The summed E-state index contributed by atoms with van der Waals surface area (Å²) in [6, 6.07) is 0. The summed E-state index contributed by atoms with van der Waals surface area (Å²) in [6.45, 7) is 0.394. The third-order valence-corrected chi connectivity index (χ3v) is 5.23. The second-order valence-electron chi connectivity index (χ2n) is 6.32. The van der Waals surface area contributed by atoms with Crippen LogP contribution in [0.25, 0.3) is 10.9 Å². The number of halogens is 2. The van der Waals surface area contributed by atoms with Gasteiger partial charge in [-0.15, -0.1) is 4.91 Å². The average Bonchev–Trinajstić information content (AvgIpc) is 2.72. The van der Waals surface area contributed by atoms with Crippen LogP contribution in [0.15, 0.2) is 16.2 Å². The zero-order valence-corrected chi connectivity index (χ0v) is 12.6. The SMILES string of the molecule is O=Cc1cn2c3c(c(F)c(F)c(N=O)c3c1=O)NCCC21CCC1. The van der Waals surface area contributed by atoms with Crippen LogP contribution in [0.2, 0.25) is 0 Å². The number of nitrogens with one attached hydrogen (secondary N) is 1. The van der Waals surface area contributed by atoms with Crippen molar-refractivity contribution in [3.05, 3.63) is 38.5 Å². The molecule has 2 heterocycles. The van der Waals surface area contributed by atoms with E-state index in [0.717, 1.165) is 19.3 Å². The van der Waals surface area contributed by atoms with E-state index in [2.05, 4.69) is 10.5 Å². The lowest BCUT2D eigenvalue weighted by Gasteiger charge is -2.44. The molecule has 124 valence electrons. The van der Waals surface area contributed by atoms with E-state index in [9.17, 15) is 23.3 Å². The first-order valence-electron chi connectivity index (χ1n) is 7.67. The molecule has 0 unspecified atom stereocenters. The molecular weight excluding hydrogens is 320 g/mol. The normalized spacial score (nSPS) is 17.9. The maximum absolute atomic E-state index is 14.4. The van der Waals surface area contributed by atoms with E-state index in [-0.39, 0.29) is 27.7 Å². The Balaban J connectivity index is 2.29. The van der Waals surface area contributed by atoms with E-state index in [1.165, 1.54) is 6.20 Å². The molecule has 1 aromatic heterocycles. The molecule has 1 aromatic carbocycles. The smallest absolute Gasteiger partial charge is 0.202 e. The number of nitrogens with zero attached hydrogens (tertiary/aromatic N) is 2. The lowest BCUT2D eigenvalue weighted by Crippen LogP contribution is -2.42. The number of nitroso groups, excluding NO2 is 1. The van der Waals surface area contributed by atoms with Crippen LogP contribution in [-0.2, 0) is 5.54 Å². The minimum Gasteiger partial charge on any atom is -0.381 e.